The fraction of sp³-hybridized carbons (Fsp3) is 0.904. The predicted molar refractivity (Wildman–Crippen MR) is 252 cm³/mol. The van der Waals surface area contributed by atoms with Crippen molar-refractivity contribution < 1.29 is 29.7 Å². The van der Waals surface area contributed by atoms with E-state index in [9.17, 15) is 14.4 Å². The normalized spacial score (nSPS) is 10.9. The highest BCUT2D eigenvalue weighted by atomic mass is 16.4. The Morgan fingerprint density at radius 2 is 0.414 bits per heavy atom. The molecular weight excluding hydrogens is 721 g/mol. The molecule has 346 valence electrons. The molecule has 3 N–H and O–H groups in total. The van der Waals surface area contributed by atoms with Crippen LogP contribution in [0.15, 0.2) is 12.2 Å². The number of rotatable bonds is 45. The fourth-order valence-electron chi connectivity index (χ4n) is 7.29. The second-order valence-electron chi connectivity index (χ2n) is 17.2. The van der Waals surface area contributed by atoms with Gasteiger partial charge in [-0.15, -0.1) is 0 Å². The molecule has 0 heterocycles. The minimum absolute atomic E-state index is 0.332. The van der Waals surface area contributed by atoms with Crippen LogP contribution in [0.5, 0.6) is 0 Å². The molecule has 0 radical (unpaired) electrons. The third-order valence-corrected chi connectivity index (χ3v) is 11.1. The molecule has 0 rings (SSSR count). The number of carbonyl (C=O) groups is 3. The molecule has 0 bridgehead atoms. The zero-order chi connectivity index (χ0) is 43.3. The molecule has 0 amide bonds. The van der Waals surface area contributed by atoms with Gasteiger partial charge in [-0.3, -0.25) is 14.4 Å². The van der Waals surface area contributed by atoms with Gasteiger partial charge in [0.15, 0.2) is 0 Å². The first-order valence-electron chi connectivity index (χ1n) is 25.6. The summed E-state index contributed by atoms with van der Waals surface area (Å²) in [6.45, 7) is 6.79. The molecule has 0 aliphatic heterocycles. The van der Waals surface area contributed by atoms with E-state index in [1.807, 2.05) is 0 Å². The predicted octanol–water partition coefficient (Wildman–Crippen LogP) is 18.0. The minimum Gasteiger partial charge on any atom is -0.481 e. The maximum Gasteiger partial charge on any atom is 0.303 e. The van der Waals surface area contributed by atoms with Gasteiger partial charge >= 0.3 is 17.9 Å². The summed E-state index contributed by atoms with van der Waals surface area (Å²) in [4.78, 5) is 31.0. The lowest BCUT2D eigenvalue weighted by Gasteiger charge is -2.03. The minimum atomic E-state index is -0.664. The maximum atomic E-state index is 10.3. The summed E-state index contributed by atoms with van der Waals surface area (Å²) >= 11 is 0. The quantitative estimate of drug-likeness (QED) is 0.0417. The number of carboxylic acid groups (broad SMARTS) is 3. The summed E-state index contributed by atoms with van der Waals surface area (Å²) in [5.74, 6) is -1.97. The summed E-state index contributed by atoms with van der Waals surface area (Å²) < 4.78 is 0. The van der Waals surface area contributed by atoms with Gasteiger partial charge in [0.1, 0.15) is 0 Å². The SMILES string of the molecule is CCCCCCCC/C=C/CCCCCCCC(=O)O.CCCCCCCCCCCCCCCC(=O)O.CCCCCCCCCCCCCCCCCC(=O)O. The Labute approximate surface area is 362 Å². The molecule has 0 fully saturated rings. The van der Waals surface area contributed by atoms with Crippen molar-refractivity contribution >= 4 is 17.9 Å². The van der Waals surface area contributed by atoms with Gasteiger partial charge in [0, 0.05) is 19.3 Å². The Bertz CT molecular complexity index is 825. The first-order chi connectivity index (χ1) is 28.3. The van der Waals surface area contributed by atoms with Crippen LogP contribution >= 0.6 is 0 Å². The van der Waals surface area contributed by atoms with Crippen molar-refractivity contribution in [3.63, 3.8) is 0 Å². The van der Waals surface area contributed by atoms with E-state index in [1.165, 1.54) is 225 Å². The topological polar surface area (TPSA) is 112 Å². The molecule has 6 heteroatoms. The van der Waals surface area contributed by atoms with Crippen LogP contribution in [0.1, 0.15) is 303 Å². The Morgan fingerprint density at radius 3 is 0.586 bits per heavy atom. The Morgan fingerprint density at radius 1 is 0.259 bits per heavy atom. The molecule has 0 aromatic carbocycles. The van der Waals surface area contributed by atoms with Gasteiger partial charge in [-0.2, -0.15) is 0 Å². The van der Waals surface area contributed by atoms with Crippen LogP contribution < -0.4 is 0 Å². The van der Waals surface area contributed by atoms with Gasteiger partial charge in [0.2, 0.25) is 0 Å². The Balaban J connectivity index is -0.000000784. The van der Waals surface area contributed by atoms with Crippen molar-refractivity contribution in [2.75, 3.05) is 0 Å². The highest BCUT2D eigenvalue weighted by Gasteiger charge is 1.99. The van der Waals surface area contributed by atoms with Crippen LogP contribution in [0.3, 0.4) is 0 Å². The second-order valence-corrected chi connectivity index (χ2v) is 17.2. The summed E-state index contributed by atoms with van der Waals surface area (Å²) in [7, 11) is 0. The molecule has 0 unspecified atom stereocenters. The van der Waals surface area contributed by atoms with Gasteiger partial charge < -0.3 is 15.3 Å². The monoisotopic (exact) mass is 823 g/mol. The molecule has 0 aliphatic carbocycles. The third kappa shape index (κ3) is 68.8. The van der Waals surface area contributed by atoms with Crippen molar-refractivity contribution in [2.24, 2.45) is 0 Å². The average molecular weight is 823 g/mol. The zero-order valence-corrected chi connectivity index (χ0v) is 39.3. The highest BCUT2D eigenvalue weighted by Crippen LogP contribution is 2.15. The lowest BCUT2D eigenvalue weighted by Crippen LogP contribution is -1.93. The number of carboxylic acids is 3. The van der Waals surface area contributed by atoms with E-state index in [1.54, 1.807) is 0 Å². The van der Waals surface area contributed by atoms with Crippen LogP contribution in [-0.2, 0) is 14.4 Å². The van der Waals surface area contributed by atoms with Gasteiger partial charge in [0.05, 0.1) is 0 Å². The third-order valence-electron chi connectivity index (χ3n) is 11.1. The Kier molecular flexibility index (Phi) is 59.7. The van der Waals surface area contributed by atoms with Crippen molar-refractivity contribution in [2.45, 2.75) is 303 Å². The molecule has 6 nitrogen and oxygen atoms in total. The maximum absolute atomic E-state index is 10.3. The highest BCUT2D eigenvalue weighted by molar-refractivity contribution is 5.67. The van der Waals surface area contributed by atoms with Gasteiger partial charge in [-0.05, 0) is 44.9 Å². The molecule has 0 aromatic heterocycles. The van der Waals surface area contributed by atoms with Gasteiger partial charge in [-0.1, -0.05) is 251 Å². The number of hydrogen-bond donors (Lipinski definition) is 3. The largest absolute Gasteiger partial charge is 0.481 e. The zero-order valence-electron chi connectivity index (χ0n) is 39.3. The second kappa shape index (κ2) is 57.2. The van der Waals surface area contributed by atoms with Crippen LogP contribution in [0.2, 0.25) is 0 Å². The molecule has 0 spiro atoms. The smallest absolute Gasteiger partial charge is 0.303 e. The van der Waals surface area contributed by atoms with E-state index in [2.05, 4.69) is 32.9 Å². The number of aliphatic carboxylic acids is 3. The van der Waals surface area contributed by atoms with Crippen LogP contribution in [0.25, 0.3) is 0 Å². The lowest BCUT2D eigenvalue weighted by molar-refractivity contribution is -0.138. The van der Waals surface area contributed by atoms with E-state index in [0.717, 1.165) is 38.5 Å². The van der Waals surface area contributed by atoms with Gasteiger partial charge in [0.25, 0.3) is 0 Å². The molecule has 0 saturated carbocycles. The Hall–Kier alpha value is -1.85. The standard InChI is InChI=1S/C18H36O2.C18H34O2.C16H32O2/c2*1-2-3-4-5-6-7-8-9-10-11-12-13-14-15-16-17-18(19)20;1-2-3-4-5-6-7-8-9-10-11-12-13-14-15-16(17)18/h2-17H2,1H3,(H,19,20);9-10H,2-8,11-17H2,1H3,(H,19,20);2-15H2,1H3,(H,17,18)/b;10-9+;. The van der Waals surface area contributed by atoms with E-state index < -0.39 is 17.9 Å². The molecular formula is C52H102O6. The summed E-state index contributed by atoms with van der Waals surface area (Å²) in [5.41, 5.74) is 0. The van der Waals surface area contributed by atoms with E-state index >= 15 is 0 Å². The van der Waals surface area contributed by atoms with Crippen molar-refractivity contribution in [3.05, 3.63) is 12.2 Å². The summed E-state index contributed by atoms with van der Waals surface area (Å²) in [6.07, 6.45) is 58.7. The van der Waals surface area contributed by atoms with E-state index in [-0.39, 0.29) is 0 Å². The van der Waals surface area contributed by atoms with Crippen molar-refractivity contribution in [3.8, 4) is 0 Å². The average Bonchev–Trinajstić information content (AvgIpc) is 3.20. The number of hydrogen-bond acceptors (Lipinski definition) is 3. The van der Waals surface area contributed by atoms with E-state index in [0.29, 0.717) is 19.3 Å². The first-order valence-corrected chi connectivity index (χ1v) is 25.6. The van der Waals surface area contributed by atoms with Crippen molar-refractivity contribution in [1.29, 1.82) is 0 Å². The summed E-state index contributed by atoms with van der Waals surface area (Å²) in [5, 5.41) is 25.5. The lowest BCUT2D eigenvalue weighted by atomic mass is 10.0. The summed E-state index contributed by atoms with van der Waals surface area (Å²) in [6, 6.07) is 0. The van der Waals surface area contributed by atoms with Crippen LogP contribution in [-0.4, -0.2) is 33.2 Å². The molecule has 0 atom stereocenters. The molecule has 0 aromatic rings. The fourth-order valence-corrected chi connectivity index (χ4v) is 7.29. The first kappa shape index (κ1) is 60.5. The van der Waals surface area contributed by atoms with Crippen LogP contribution in [0, 0.1) is 0 Å². The molecule has 0 saturated heterocycles. The number of allylic oxidation sites excluding steroid dienone is 2. The van der Waals surface area contributed by atoms with Crippen LogP contribution in [0.4, 0.5) is 0 Å². The number of unbranched alkanes of at least 4 members (excludes halogenated alkanes) is 37. The van der Waals surface area contributed by atoms with Crippen molar-refractivity contribution in [1.82, 2.24) is 0 Å². The molecule has 0 aliphatic rings. The van der Waals surface area contributed by atoms with E-state index in [4.69, 9.17) is 15.3 Å². The molecule has 58 heavy (non-hydrogen) atoms. The van der Waals surface area contributed by atoms with Gasteiger partial charge in [-0.25, -0.2) is 0 Å².